The highest BCUT2D eigenvalue weighted by Crippen LogP contribution is 2.30. The number of hydrogen-bond acceptors (Lipinski definition) is 3. The second-order valence-corrected chi connectivity index (χ2v) is 6.10. The third kappa shape index (κ3) is 3.09. The van der Waals surface area contributed by atoms with E-state index in [-0.39, 0.29) is 0 Å². The highest BCUT2D eigenvalue weighted by Gasteiger charge is 2.25. The lowest BCUT2D eigenvalue weighted by Gasteiger charge is -2.39. The average Bonchev–Trinajstić information content (AvgIpc) is 2.37. The monoisotopic (exact) mass is 325 g/mol. The molecular formula is C14H20BrN3O. The molecule has 0 aromatic heterocycles. The molecule has 4 nitrogen and oxygen atoms in total. The van der Waals surface area contributed by atoms with Gasteiger partial charge in [0.15, 0.2) is 0 Å². The van der Waals surface area contributed by atoms with E-state index >= 15 is 0 Å². The number of nitrogens with zero attached hydrogens (tertiary/aromatic N) is 1. The number of carbonyl (C=O) groups excluding carboxylic acids is 1. The van der Waals surface area contributed by atoms with Crippen LogP contribution < -0.4 is 16.4 Å². The standard InChI is InChI=1S/C14H20BrN3O/c1-9-4-5-18(11(6-9)8-16)10-2-3-12(14(17)19)13(15)7-10/h2-3,7,9,11H,4-6,8,16H2,1H3,(H2,17,19). The zero-order valence-electron chi connectivity index (χ0n) is 11.1. The van der Waals surface area contributed by atoms with E-state index in [2.05, 4.69) is 27.8 Å². The zero-order chi connectivity index (χ0) is 14.0. The van der Waals surface area contributed by atoms with Crippen molar-refractivity contribution in [2.24, 2.45) is 17.4 Å². The van der Waals surface area contributed by atoms with Gasteiger partial charge in [-0.05, 0) is 52.9 Å². The number of anilines is 1. The molecule has 1 fully saturated rings. The van der Waals surface area contributed by atoms with Crippen LogP contribution in [0.3, 0.4) is 0 Å². The molecule has 19 heavy (non-hydrogen) atoms. The molecule has 0 bridgehead atoms. The van der Waals surface area contributed by atoms with Crippen molar-refractivity contribution in [3.05, 3.63) is 28.2 Å². The Morgan fingerprint density at radius 2 is 2.26 bits per heavy atom. The van der Waals surface area contributed by atoms with E-state index in [1.807, 2.05) is 12.1 Å². The first-order valence-electron chi connectivity index (χ1n) is 6.59. The molecule has 0 radical (unpaired) electrons. The van der Waals surface area contributed by atoms with Crippen molar-refractivity contribution in [1.82, 2.24) is 0 Å². The highest BCUT2D eigenvalue weighted by molar-refractivity contribution is 9.10. The molecule has 1 aliphatic heterocycles. The minimum Gasteiger partial charge on any atom is -0.367 e. The van der Waals surface area contributed by atoms with Gasteiger partial charge in [0.05, 0.1) is 5.56 Å². The molecule has 1 amide bonds. The predicted molar refractivity (Wildman–Crippen MR) is 81.2 cm³/mol. The molecule has 0 aliphatic carbocycles. The van der Waals surface area contributed by atoms with Gasteiger partial charge in [0.2, 0.25) is 5.91 Å². The van der Waals surface area contributed by atoms with Crippen LogP contribution in [0.4, 0.5) is 5.69 Å². The summed E-state index contributed by atoms with van der Waals surface area (Å²) in [5.74, 6) is 0.305. The van der Waals surface area contributed by atoms with E-state index < -0.39 is 5.91 Å². The van der Waals surface area contributed by atoms with Crippen LogP contribution in [0.5, 0.6) is 0 Å². The predicted octanol–water partition coefficient (Wildman–Crippen LogP) is 2.11. The summed E-state index contributed by atoms with van der Waals surface area (Å²) < 4.78 is 0.742. The number of hydrogen-bond donors (Lipinski definition) is 2. The third-order valence-electron chi connectivity index (χ3n) is 3.80. The lowest BCUT2D eigenvalue weighted by Crippen LogP contribution is -2.46. The maximum Gasteiger partial charge on any atom is 0.249 e. The summed E-state index contributed by atoms with van der Waals surface area (Å²) in [6.07, 6.45) is 2.29. The number of carbonyl (C=O) groups is 1. The first kappa shape index (κ1) is 14.3. The quantitative estimate of drug-likeness (QED) is 0.894. The minimum atomic E-state index is -0.416. The molecular weight excluding hydrogens is 306 g/mol. The molecule has 0 spiro atoms. The fourth-order valence-electron chi connectivity index (χ4n) is 2.70. The SMILES string of the molecule is CC1CCN(c2ccc(C(N)=O)c(Br)c2)C(CN)C1. The van der Waals surface area contributed by atoms with Crippen LogP contribution in [-0.2, 0) is 0 Å². The number of rotatable bonds is 3. The Bertz CT molecular complexity index is 478. The van der Waals surface area contributed by atoms with E-state index in [0.717, 1.165) is 29.0 Å². The van der Waals surface area contributed by atoms with Gasteiger partial charge in [-0.3, -0.25) is 4.79 Å². The van der Waals surface area contributed by atoms with Crippen molar-refractivity contribution in [1.29, 1.82) is 0 Å². The third-order valence-corrected chi connectivity index (χ3v) is 4.46. The zero-order valence-corrected chi connectivity index (χ0v) is 12.7. The Labute approximate surface area is 122 Å². The Hall–Kier alpha value is -1.07. The van der Waals surface area contributed by atoms with Crippen LogP contribution in [0.1, 0.15) is 30.1 Å². The summed E-state index contributed by atoms with van der Waals surface area (Å²) in [5, 5.41) is 0. The van der Waals surface area contributed by atoms with Crippen molar-refractivity contribution < 1.29 is 4.79 Å². The number of primary amides is 1. The fourth-order valence-corrected chi connectivity index (χ4v) is 3.26. The maximum atomic E-state index is 11.2. The Kier molecular flexibility index (Phi) is 4.47. The van der Waals surface area contributed by atoms with Gasteiger partial charge in [0.25, 0.3) is 0 Å². The Morgan fingerprint density at radius 3 is 2.84 bits per heavy atom. The van der Waals surface area contributed by atoms with Gasteiger partial charge in [-0.2, -0.15) is 0 Å². The van der Waals surface area contributed by atoms with Crippen molar-refractivity contribution in [2.75, 3.05) is 18.0 Å². The second kappa shape index (κ2) is 5.92. The van der Waals surface area contributed by atoms with Gasteiger partial charge in [-0.1, -0.05) is 6.92 Å². The summed E-state index contributed by atoms with van der Waals surface area (Å²) in [7, 11) is 0. The summed E-state index contributed by atoms with van der Waals surface area (Å²) in [6.45, 7) is 3.93. The number of amides is 1. The van der Waals surface area contributed by atoms with Gasteiger partial charge in [-0.25, -0.2) is 0 Å². The van der Waals surface area contributed by atoms with Crippen LogP contribution in [0.25, 0.3) is 0 Å². The van der Waals surface area contributed by atoms with Crippen LogP contribution in [0.2, 0.25) is 0 Å². The molecule has 1 aromatic rings. The van der Waals surface area contributed by atoms with Crippen molar-refractivity contribution in [3.63, 3.8) is 0 Å². The summed E-state index contributed by atoms with van der Waals surface area (Å²) in [4.78, 5) is 13.6. The van der Waals surface area contributed by atoms with Crippen LogP contribution in [0, 0.1) is 5.92 Å². The molecule has 2 unspecified atom stereocenters. The summed E-state index contributed by atoms with van der Waals surface area (Å²) in [6, 6.07) is 6.05. The van der Waals surface area contributed by atoms with Crippen LogP contribution >= 0.6 is 15.9 Å². The largest absolute Gasteiger partial charge is 0.367 e. The number of benzene rings is 1. The number of piperidine rings is 1. The van der Waals surface area contributed by atoms with Gasteiger partial charge in [0, 0.05) is 29.3 Å². The molecule has 0 saturated carbocycles. The second-order valence-electron chi connectivity index (χ2n) is 5.24. The van der Waals surface area contributed by atoms with E-state index in [0.29, 0.717) is 18.2 Å². The summed E-state index contributed by atoms with van der Waals surface area (Å²) >= 11 is 3.41. The van der Waals surface area contributed by atoms with Gasteiger partial charge in [-0.15, -0.1) is 0 Å². The molecule has 1 heterocycles. The molecule has 4 N–H and O–H groups in total. The Balaban J connectivity index is 2.26. The average molecular weight is 326 g/mol. The molecule has 2 rings (SSSR count). The van der Waals surface area contributed by atoms with E-state index in [9.17, 15) is 4.79 Å². The maximum absolute atomic E-state index is 11.2. The van der Waals surface area contributed by atoms with Crippen molar-refractivity contribution >= 4 is 27.5 Å². The van der Waals surface area contributed by atoms with E-state index in [1.165, 1.54) is 6.42 Å². The first-order chi connectivity index (χ1) is 9.02. The number of nitrogens with two attached hydrogens (primary N) is 2. The topological polar surface area (TPSA) is 72.3 Å². The van der Waals surface area contributed by atoms with Crippen LogP contribution in [-0.4, -0.2) is 25.0 Å². The van der Waals surface area contributed by atoms with Crippen molar-refractivity contribution in [2.45, 2.75) is 25.8 Å². The summed E-state index contributed by atoms with van der Waals surface area (Å²) in [5.41, 5.74) is 12.8. The first-order valence-corrected chi connectivity index (χ1v) is 7.38. The lowest BCUT2D eigenvalue weighted by atomic mass is 9.92. The highest BCUT2D eigenvalue weighted by atomic mass is 79.9. The van der Waals surface area contributed by atoms with Gasteiger partial charge >= 0.3 is 0 Å². The molecule has 104 valence electrons. The molecule has 5 heteroatoms. The Morgan fingerprint density at radius 1 is 1.53 bits per heavy atom. The van der Waals surface area contributed by atoms with Gasteiger partial charge in [0.1, 0.15) is 0 Å². The smallest absolute Gasteiger partial charge is 0.249 e. The van der Waals surface area contributed by atoms with E-state index in [1.54, 1.807) is 6.07 Å². The van der Waals surface area contributed by atoms with Crippen molar-refractivity contribution in [3.8, 4) is 0 Å². The van der Waals surface area contributed by atoms with Crippen LogP contribution in [0.15, 0.2) is 22.7 Å². The van der Waals surface area contributed by atoms with E-state index in [4.69, 9.17) is 11.5 Å². The van der Waals surface area contributed by atoms with Gasteiger partial charge < -0.3 is 16.4 Å². The molecule has 2 atom stereocenters. The normalized spacial score (nSPS) is 23.4. The number of halogens is 1. The minimum absolute atomic E-state index is 0.370. The molecule has 1 aromatic carbocycles. The lowest BCUT2D eigenvalue weighted by molar-refractivity contribution is 0.0999. The fraction of sp³-hybridized carbons (Fsp3) is 0.500. The molecule has 1 saturated heterocycles. The molecule has 1 aliphatic rings.